The number of carbonyl (C=O) groups is 2. The molecule has 0 aliphatic heterocycles. The molecule has 0 aromatic rings. The van der Waals surface area contributed by atoms with Crippen molar-refractivity contribution < 1.29 is 19.8 Å². The van der Waals surface area contributed by atoms with Crippen LogP contribution in [-0.4, -0.2) is 22.2 Å². The molecule has 0 spiro atoms. The maximum Gasteiger partial charge on any atom is 0.314 e. The Balaban J connectivity index is 0.000000211. The summed E-state index contributed by atoms with van der Waals surface area (Å²) in [6.45, 7) is 3.62. The number of hydrogen-bond donors (Lipinski definition) is 2. The van der Waals surface area contributed by atoms with E-state index < -0.39 is 18.4 Å². The highest BCUT2D eigenvalue weighted by Gasteiger charge is 2.15. The van der Waals surface area contributed by atoms with Crippen LogP contribution in [0.2, 0.25) is 0 Å². The van der Waals surface area contributed by atoms with Crippen LogP contribution in [0.5, 0.6) is 0 Å². The number of aliphatic carboxylic acids is 2. The van der Waals surface area contributed by atoms with Crippen LogP contribution in [0.1, 0.15) is 19.3 Å². The average molecular weight is 172 g/mol. The van der Waals surface area contributed by atoms with Crippen molar-refractivity contribution in [2.45, 2.75) is 19.3 Å². The maximum absolute atomic E-state index is 9.43. The van der Waals surface area contributed by atoms with Gasteiger partial charge in [0, 0.05) is 0 Å². The Morgan fingerprint density at radius 3 is 1.75 bits per heavy atom. The van der Waals surface area contributed by atoms with Crippen molar-refractivity contribution in [1.82, 2.24) is 0 Å². The Bertz CT molecular complexity index is 169. The topological polar surface area (TPSA) is 74.6 Å². The van der Waals surface area contributed by atoms with Crippen molar-refractivity contribution in [2.75, 3.05) is 0 Å². The minimum absolute atomic E-state index is 0.806. The van der Waals surface area contributed by atoms with Gasteiger partial charge in [-0.25, -0.2) is 0 Å². The predicted molar refractivity (Wildman–Crippen MR) is 42.8 cm³/mol. The fraction of sp³-hybridized carbons (Fsp3) is 0.500. The first-order chi connectivity index (χ1) is 5.56. The van der Waals surface area contributed by atoms with E-state index in [-0.39, 0.29) is 0 Å². The molecule has 4 heteroatoms. The van der Waals surface area contributed by atoms with Crippen LogP contribution >= 0.6 is 0 Å². The molecule has 0 radical (unpaired) electrons. The molecule has 1 rings (SSSR count). The van der Waals surface area contributed by atoms with Crippen LogP contribution in [0.15, 0.2) is 12.7 Å². The third-order valence-corrected chi connectivity index (χ3v) is 1.26. The molecular formula is C8H12O4. The number of hydrogen-bond acceptors (Lipinski definition) is 2. The first-order valence-electron chi connectivity index (χ1n) is 3.62. The van der Waals surface area contributed by atoms with Crippen molar-refractivity contribution >= 4 is 11.9 Å². The van der Waals surface area contributed by atoms with Crippen molar-refractivity contribution in [3.05, 3.63) is 12.7 Å². The third-order valence-electron chi connectivity index (χ3n) is 1.26. The summed E-state index contributed by atoms with van der Waals surface area (Å²) < 4.78 is 0. The minimum Gasteiger partial charge on any atom is -0.481 e. The quantitative estimate of drug-likeness (QED) is 0.494. The molecule has 0 amide bonds. The minimum atomic E-state index is -1.31. The zero-order chi connectivity index (χ0) is 9.56. The molecule has 0 heterocycles. The summed E-state index contributed by atoms with van der Waals surface area (Å²) in [6, 6.07) is 0. The van der Waals surface area contributed by atoms with Crippen LogP contribution in [0, 0.1) is 5.92 Å². The Labute approximate surface area is 70.5 Å². The number of carboxylic acids is 2. The highest BCUT2D eigenvalue weighted by molar-refractivity contribution is 5.88. The molecule has 0 aromatic carbocycles. The Morgan fingerprint density at radius 1 is 1.33 bits per heavy atom. The molecule has 68 valence electrons. The first-order valence-corrected chi connectivity index (χ1v) is 3.62. The fourth-order valence-electron chi connectivity index (χ4n) is 0.461. The van der Waals surface area contributed by atoms with Crippen molar-refractivity contribution in [1.29, 1.82) is 0 Å². The fourth-order valence-corrected chi connectivity index (χ4v) is 0.461. The highest BCUT2D eigenvalue weighted by Crippen LogP contribution is 2.28. The summed E-state index contributed by atoms with van der Waals surface area (Å²) in [5.74, 6) is -1.73. The average Bonchev–Trinajstić information content (AvgIpc) is 2.66. The summed E-state index contributed by atoms with van der Waals surface area (Å²) in [7, 11) is 0. The Hall–Kier alpha value is -1.32. The van der Waals surface area contributed by atoms with E-state index in [2.05, 4.69) is 6.58 Å². The van der Waals surface area contributed by atoms with Crippen molar-refractivity contribution in [3.8, 4) is 0 Å². The summed E-state index contributed by atoms with van der Waals surface area (Å²) in [4.78, 5) is 18.9. The van der Waals surface area contributed by atoms with E-state index in [4.69, 9.17) is 10.2 Å². The Morgan fingerprint density at radius 2 is 1.75 bits per heavy atom. The standard InChI is InChI=1S/C5H8.C3H4O4/c1-2-5-3-4-5;4-2(5)1-3(6)7/h2,5H,1,3-4H2;1H2,(H,4,5)(H,6,7). The normalized spacial score (nSPS) is 14.0. The molecule has 0 unspecified atom stereocenters. The lowest BCUT2D eigenvalue weighted by atomic mass is 10.4. The molecule has 0 aromatic heterocycles. The summed E-state index contributed by atoms with van der Waals surface area (Å²) >= 11 is 0. The molecule has 0 saturated heterocycles. The van der Waals surface area contributed by atoms with Gasteiger partial charge in [0.15, 0.2) is 0 Å². The van der Waals surface area contributed by atoms with E-state index in [1.54, 1.807) is 0 Å². The molecule has 1 aliphatic carbocycles. The second kappa shape index (κ2) is 5.35. The van der Waals surface area contributed by atoms with Crippen LogP contribution in [0.25, 0.3) is 0 Å². The predicted octanol–water partition coefficient (Wildman–Crippen LogP) is 1.13. The lowest BCUT2D eigenvalue weighted by Gasteiger charge is -1.80. The van der Waals surface area contributed by atoms with Crippen LogP contribution in [0.3, 0.4) is 0 Å². The van der Waals surface area contributed by atoms with Crippen LogP contribution < -0.4 is 0 Å². The SMILES string of the molecule is C=CC1CC1.O=C(O)CC(=O)O. The molecule has 4 nitrogen and oxygen atoms in total. The molecule has 1 saturated carbocycles. The van der Waals surface area contributed by atoms with Crippen molar-refractivity contribution in [2.24, 2.45) is 5.92 Å². The smallest absolute Gasteiger partial charge is 0.314 e. The lowest BCUT2D eigenvalue weighted by molar-refractivity contribution is -0.147. The van der Waals surface area contributed by atoms with E-state index >= 15 is 0 Å². The summed E-state index contributed by atoms with van der Waals surface area (Å²) in [5.41, 5.74) is 0. The second-order valence-corrected chi connectivity index (χ2v) is 2.54. The molecule has 0 bridgehead atoms. The Kier molecular flexibility index (Phi) is 4.76. The zero-order valence-corrected chi connectivity index (χ0v) is 6.69. The highest BCUT2D eigenvalue weighted by atomic mass is 16.4. The van der Waals surface area contributed by atoms with Gasteiger partial charge in [-0.05, 0) is 18.8 Å². The summed E-state index contributed by atoms with van der Waals surface area (Å²) in [6.07, 6.45) is 4.01. The maximum atomic E-state index is 9.43. The van der Waals surface area contributed by atoms with Gasteiger partial charge in [-0.1, -0.05) is 6.08 Å². The monoisotopic (exact) mass is 172 g/mol. The van der Waals surface area contributed by atoms with Gasteiger partial charge in [0.2, 0.25) is 0 Å². The van der Waals surface area contributed by atoms with E-state index in [1.165, 1.54) is 12.8 Å². The van der Waals surface area contributed by atoms with E-state index in [0.717, 1.165) is 5.92 Å². The third kappa shape index (κ3) is 8.68. The lowest BCUT2D eigenvalue weighted by Crippen LogP contribution is -2.03. The van der Waals surface area contributed by atoms with Gasteiger partial charge in [-0.3, -0.25) is 9.59 Å². The number of rotatable bonds is 3. The second-order valence-electron chi connectivity index (χ2n) is 2.54. The van der Waals surface area contributed by atoms with Gasteiger partial charge in [0.25, 0.3) is 0 Å². The summed E-state index contributed by atoms with van der Waals surface area (Å²) in [5, 5.41) is 15.4. The first kappa shape index (κ1) is 10.7. The van der Waals surface area contributed by atoms with E-state index in [9.17, 15) is 9.59 Å². The van der Waals surface area contributed by atoms with Crippen LogP contribution in [0.4, 0.5) is 0 Å². The number of carboxylic acid groups (broad SMARTS) is 2. The molecular weight excluding hydrogens is 160 g/mol. The molecule has 1 aliphatic rings. The number of allylic oxidation sites excluding steroid dienone is 1. The van der Waals surface area contributed by atoms with Gasteiger partial charge in [0.05, 0.1) is 0 Å². The van der Waals surface area contributed by atoms with E-state index in [1.807, 2.05) is 6.08 Å². The van der Waals surface area contributed by atoms with Gasteiger partial charge in [-0.15, -0.1) is 6.58 Å². The van der Waals surface area contributed by atoms with Crippen molar-refractivity contribution in [3.63, 3.8) is 0 Å². The van der Waals surface area contributed by atoms with Gasteiger partial charge in [-0.2, -0.15) is 0 Å². The molecule has 12 heavy (non-hydrogen) atoms. The van der Waals surface area contributed by atoms with Gasteiger partial charge >= 0.3 is 11.9 Å². The largest absolute Gasteiger partial charge is 0.481 e. The van der Waals surface area contributed by atoms with Gasteiger partial charge in [0.1, 0.15) is 6.42 Å². The molecule has 1 fully saturated rings. The zero-order valence-electron chi connectivity index (χ0n) is 6.69. The molecule has 0 atom stereocenters. The molecule has 2 N–H and O–H groups in total. The van der Waals surface area contributed by atoms with Crippen LogP contribution in [-0.2, 0) is 9.59 Å². The van der Waals surface area contributed by atoms with E-state index in [0.29, 0.717) is 0 Å². The van der Waals surface area contributed by atoms with Gasteiger partial charge < -0.3 is 10.2 Å².